The molecule has 2 unspecified atom stereocenters. The van der Waals surface area contributed by atoms with Crippen molar-refractivity contribution in [2.75, 3.05) is 12.3 Å². The van der Waals surface area contributed by atoms with Crippen molar-refractivity contribution in [3.8, 4) is 0 Å². The quantitative estimate of drug-likeness (QED) is 0.711. The fourth-order valence-electron chi connectivity index (χ4n) is 2.39. The van der Waals surface area contributed by atoms with Crippen LogP contribution in [-0.2, 0) is 0 Å². The minimum atomic E-state index is 0.816. The fourth-order valence-corrected chi connectivity index (χ4v) is 3.76. The Morgan fingerprint density at radius 1 is 1.31 bits per heavy atom. The van der Waals surface area contributed by atoms with Crippen LogP contribution in [0.5, 0.6) is 0 Å². The number of nitrogens with one attached hydrogen (secondary N) is 1. The van der Waals surface area contributed by atoms with Gasteiger partial charge in [0.05, 0.1) is 0 Å². The van der Waals surface area contributed by atoms with E-state index in [9.17, 15) is 0 Å². The van der Waals surface area contributed by atoms with Crippen molar-refractivity contribution in [2.45, 2.75) is 56.7 Å². The van der Waals surface area contributed by atoms with Gasteiger partial charge in [0.15, 0.2) is 0 Å². The molecule has 16 heavy (non-hydrogen) atoms. The standard InChI is InChI=1S/C14H25NS/c1-11-4-3-5-14(8-11)16-10-12(2)9-15-13-6-7-13/h11,13-15H,2-10H2,1H3. The Bertz CT molecular complexity index is 235. The first-order chi connectivity index (χ1) is 7.74. The van der Waals surface area contributed by atoms with Crippen LogP contribution in [-0.4, -0.2) is 23.6 Å². The van der Waals surface area contributed by atoms with Gasteiger partial charge in [-0.1, -0.05) is 31.9 Å². The molecule has 0 aromatic heterocycles. The van der Waals surface area contributed by atoms with E-state index in [1.807, 2.05) is 0 Å². The molecular formula is C14H25NS. The van der Waals surface area contributed by atoms with E-state index in [2.05, 4.69) is 30.6 Å². The molecule has 0 aromatic carbocycles. The highest BCUT2D eigenvalue weighted by Crippen LogP contribution is 2.32. The molecule has 92 valence electrons. The van der Waals surface area contributed by atoms with Gasteiger partial charge in [-0.05, 0) is 31.6 Å². The molecule has 0 aliphatic heterocycles. The van der Waals surface area contributed by atoms with E-state index in [1.165, 1.54) is 44.1 Å². The maximum Gasteiger partial charge on any atom is 0.0172 e. The summed E-state index contributed by atoms with van der Waals surface area (Å²) in [6, 6.07) is 0.816. The smallest absolute Gasteiger partial charge is 0.0172 e. The Balaban J connectivity index is 1.56. The molecule has 0 radical (unpaired) electrons. The van der Waals surface area contributed by atoms with Gasteiger partial charge in [-0.2, -0.15) is 11.8 Å². The molecule has 2 rings (SSSR count). The Labute approximate surface area is 104 Å². The van der Waals surface area contributed by atoms with Crippen LogP contribution in [0, 0.1) is 5.92 Å². The van der Waals surface area contributed by atoms with Gasteiger partial charge in [-0.25, -0.2) is 0 Å². The van der Waals surface area contributed by atoms with Gasteiger partial charge < -0.3 is 5.32 Å². The van der Waals surface area contributed by atoms with Crippen LogP contribution < -0.4 is 5.32 Å². The lowest BCUT2D eigenvalue weighted by Crippen LogP contribution is -2.21. The summed E-state index contributed by atoms with van der Waals surface area (Å²) < 4.78 is 0. The van der Waals surface area contributed by atoms with Gasteiger partial charge in [0.2, 0.25) is 0 Å². The Morgan fingerprint density at radius 3 is 2.81 bits per heavy atom. The second-order valence-electron chi connectivity index (χ2n) is 5.61. The molecule has 2 fully saturated rings. The first-order valence-corrected chi connectivity index (χ1v) is 7.80. The SMILES string of the molecule is C=C(CNC1CC1)CSC1CCCC(C)C1. The Kier molecular flexibility index (Phi) is 4.78. The summed E-state index contributed by atoms with van der Waals surface area (Å²) in [5.41, 5.74) is 1.38. The number of hydrogen-bond donors (Lipinski definition) is 1. The summed E-state index contributed by atoms with van der Waals surface area (Å²) in [5.74, 6) is 2.11. The molecule has 2 heteroatoms. The molecule has 2 aliphatic rings. The Morgan fingerprint density at radius 2 is 2.12 bits per heavy atom. The van der Waals surface area contributed by atoms with E-state index in [4.69, 9.17) is 0 Å². The minimum Gasteiger partial charge on any atom is -0.310 e. The van der Waals surface area contributed by atoms with Gasteiger partial charge in [0.1, 0.15) is 0 Å². The third kappa shape index (κ3) is 4.50. The molecule has 1 nitrogen and oxygen atoms in total. The van der Waals surface area contributed by atoms with Gasteiger partial charge in [-0.3, -0.25) is 0 Å². The number of thioether (sulfide) groups is 1. The van der Waals surface area contributed by atoms with Crippen LogP contribution in [0.25, 0.3) is 0 Å². The zero-order valence-electron chi connectivity index (χ0n) is 10.5. The third-order valence-corrected chi connectivity index (χ3v) is 5.10. The molecule has 0 spiro atoms. The van der Waals surface area contributed by atoms with Gasteiger partial charge >= 0.3 is 0 Å². The van der Waals surface area contributed by atoms with Crippen molar-refractivity contribution in [1.82, 2.24) is 5.32 Å². The van der Waals surface area contributed by atoms with Crippen molar-refractivity contribution < 1.29 is 0 Å². The predicted octanol–water partition coefficient (Wildman–Crippen LogP) is 3.61. The molecule has 0 amide bonds. The van der Waals surface area contributed by atoms with Crippen molar-refractivity contribution in [3.63, 3.8) is 0 Å². The zero-order valence-corrected chi connectivity index (χ0v) is 11.3. The maximum absolute atomic E-state index is 4.17. The van der Waals surface area contributed by atoms with Crippen molar-refractivity contribution in [3.05, 3.63) is 12.2 Å². The summed E-state index contributed by atoms with van der Waals surface area (Å²) in [5, 5.41) is 4.44. The first-order valence-electron chi connectivity index (χ1n) is 6.75. The second-order valence-corrected chi connectivity index (χ2v) is 6.90. The van der Waals surface area contributed by atoms with E-state index in [0.29, 0.717) is 0 Å². The topological polar surface area (TPSA) is 12.0 Å². The maximum atomic E-state index is 4.17. The van der Waals surface area contributed by atoms with E-state index in [0.717, 1.165) is 29.5 Å². The molecule has 2 atom stereocenters. The lowest BCUT2D eigenvalue weighted by atomic mass is 9.91. The van der Waals surface area contributed by atoms with Crippen LogP contribution in [0.2, 0.25) is 0 Å². The molecule has 0 heterocycles. The van der Waals surface area contributed by atoms with Crippen LogP contribution in [0.15, 0.2) is 12.2 Å². The lowest BCUT2D eigenvalue weighted by molar-refractivity contribution is 0.394. The van der Waals surface area contributed by atoms with Gasteiger partial charge in [0.25, 0.3) is 0 Å². The average Bonchev–Trinajstić information content (AvgIpc) is 3.07. The lowest BCUT2D eigenvalue weighted by Gasteiger charge is -2.26. The molecule has 2 saturated carbocycles. The molecule has 0 bridgehead atoms. The third-order valence-electron chi connectivity index (χ3n) is 3.63. The molecule has 2 aliphatic carbocycles. The van der Waals surface area contributed by atoms with Crippen molar-refractivity contribution >= 4 is 11.8 Å². The summed E-state index contributed by atoms with van der Waals surface area (Å²) >= 11 is 2.14. The second kappa shape index (κ2) is 6.11. The van der Waals surface area contributed by atoms with Crippen LogP contribution >= 0.6 is 11.8 Å². The Hall–Kier alpha value is 0.0500. The van der Waals surface area contributed by atoms with Crippen LogP contribution in [0.3, 0.4) is 0 Å². The summed E-state index contributed by atoms with van der Waals surface area (Å²) in [7, 11) is 0. The normalized spacial score (nSPS) is 30.3. The highest BCUT2D eigenvalue weighted by Gasteiger charge is 2.21. The average molecular weight is 239 g/mol. The van der Waals surface area contributed by atoms with E-state index in [-0.39, 0.29) is 0 Å². The number of rotatable bonds is 6. The highest BCUT2D eigenvalue weighted by molar-refractivity contribution is 8.00. The molecular weight excluding hydrogens is 214 g/mol. The fraction of sp³-hybridized carbons (Fsp3) is 0.857. The summed E-state index contributed by atoms with van der Waals surface area (Å²) in [6.45, 7) is 7.62. The van der Waals surface area contributed by atoms with Gasteiger partial charge in [0, 0.05) is 23.6 Å². The molecule has 0 aromatic rings. The van der Waals surface area contributed by atoms with Crippen molar-refractivity contribution in [1.29, 1.82) is 0 Å². The van der Waals surface area contributed by atoms with Gasteiger partial charge in [-0.15, -0.1) is 0 Å². The van der Waals surface area contributed by atoms with E-state index >= 15 is 0 Å². The molecule has 0 saturated heterocycles. The first kappa shape index (κ1) is 12.5. The largest absolute Gasteiger partial charge is 0.310 e. The number of hydrogen-bond acceptors (Lipinski definition) is 2. The van der Waals surface area contributed by atoms with E-state index < -0.39 is 0 Å². The highest BCUT2D eigenvalue weighted by atomic mass is 32.2. The van der Waals surface area contributed by atoms with Crippen LogP contribution in [0.1, 0.15) is 45.4 Å². The summed E-state index contributed by atoms with van der Waals surface area (Å²) in [4.78, 5) is 0. The summed E-state index contributed by atoms with van der Waals surface area (Å²) in [6.07, 6.45) is 8.49. The van der Waals surface area contributed by atoms with Crippen molar-refractivity contribution in [2.24, 2.45) is 5.92 Å². The monoisotopic (exact) mass is 239 g/mol. The minimum absolute atomic E-state index is 0.816. The van der Waals surface area contributed by atoms with E-state index in [1.54, 1.807) is 0 Å². The zero-order chi connectivity index (χ0) is 11.4. The predicted molar refractivity (Wildman–Crippen MR) is 74.0 cm³/mol. The molecule has 1 N–H and O–H groups in total. The van der Waals surface area contributed by atoms with Crippen LogP contribution in [0.4, 0.5) is 0 Å².